The summed E-state index contributed by atoms with van der Waals surface area (Å²) in [6.45, 7) is 1.70. The van der Waals surface area contributed by atoms with Crippen LogP contribution >= 0.6 is 0 Å². The molecule has 0 bridgehead atoms. The highest BCUT2D eigenvalue weighted by molar-refractivity contribution is 7.89. The molecule has 6 nitrogen and oxygen atoms in total. The number of aliphatic hydroxyl groups excluding tert-OH is 1. The van der Waals surface area contributed by atoms with Crippen LogP contribution in [0.2, 0.25) is 0 Å². The first-order chi connectivity index (χ1) is 9.04. The predicted molar refractivity (Wildman–Crippen MR) is 71.0 cm³/mol. The SMILES string of the molecule is Cc1[nH]nc(CO)c1S(=O)(=O)NCCC1CCCC1. The Bertz CT molecular complexity index is 518. The average Bonchev–Trinajstić information content (AvgIpc) is 2.98. The molecule has 19 heavy (non-hydrogen) atoms. The van der Waals surface area contributed by atoms with E-state index in [0.29, 0.717) is 18.2 Å². The maximum absolute atomic E-state index is 12.2. The third-order valence-corrected chi connectivity index (χ3v) is 5.36. The van der Waals surface area contributed by atoms with Gasteiger partial charge in [0.15, 0.2) is 0 Å². The summed E-state index contributed by atoms with van der Waals surface area (Å²) >= 11 is 0. The highest BCUT2D eigenvalue weighted by atomic mass is 32.2. The van der Waals surface area contributed by atoms with Crippen molar-refractivity contribution < 1.29 is 13.5 Å². The van der Waals surface area contributed by atoms with Gasteiger partial charge in [-0.1, -0.05) is 25.7 Å². The summed E-state index contributed by atoms with van der Waals surface area (Å²) in [4.78, 5) is 0.0846. The van der Waals surface area contributed by atoms with Crippen molar-refractivity contribution in [3.8, 4) is 0 Å². The number of nitrogens with one attached hydrogen (secondary N) is 2. The molecule has 2 rings (SSSR count). The summed E-state index contributed by atoms with van der Waals surface area (Å²) in [5.74, 6) is 0.644. The molecule has 7 heteroatoms. The van der Waals surface area contributed by atoms with Gasteiger partial charge < -0.3 is 5.11 Å². The maximum atomic E-state index is 12.2. The van der Waals surface area contributed by atoms with Crippen LogP contribution in [-0.4, -0.2) is 30.3 Å². The van der Waals surface area contributed by atoms with Crippen molar-refractivity contribution in [3.63, 3.8) is 0 Å². The van der Waals surface area contributed by atoms with Crippen LogP contribution in [0.3, 0.4) is 0 Å². The Morgan fingerprint density at radius 1 is 1.42 bits per heavy atom. The lowest BCUT2D eigenvalue weighted by Crippen LogP contribution is -2.27. The Labute approximate surface area is 113 Å². The van der Waals surface area contributed by atoms with Crippen LogP contribution in [0.5, 0.6) is 0 Å². The molecule has 0 aliphatic heterocycles. The zero-order valence-electron chi connectivity index (χ0n) is 11.1. The fourth-order valence-corrected chi connectivity index (χ4v) is 4.10. The number of sulfonamides is 1. The van der Waals surface area contributed by atoms with E-state index in [1.165, 1.54) is 25.7 Å². The number of hydrogen-bond donors (Lipinski definition) is 3. The van der Waals surface area contributed by atoms with Gasteiger partial charge in [0.2, 0.25) is 10.0 Å². The van der Waals surface area contributed by atoms with E-state index in [1.54, 1.807) is 6.92 Å². The van der Waals surface area contributed by atoms with Gasteiger partial charge in [0.05, 0.1) is 12.3 Å². The molecule has 3 N–H and O–H groups in total. The van der Waals surface area contributed by atoms with E-state index in [9.17, 15) is 8.42 Å². The lowest BCUT2D eigenvalue weighted by atomic mass is 10.1. The van der Waals surface area contributed by atoms with Gasteiger partial charge in [0.25, 0.3) is 0 Å². The van der Waals surface area contributed by atoms with Crippen molar-refractivity contribution in [2.45, 2.75) is 50.5 Å². The summed E-state index contributed by atoms with van der Waals surface area (Å²) in [6, 6.07) is 0. The minimum absolute atomic E-state index is 0.0846. The van der Waals surface area contributed by atoms with E-state index < -0.39 is 10.0 Å². The van der Waals surface area contributed by atoms with Crippen LogP contribution in [-0.2, 0) is 16.6 Å². The minimum atomic E-state index is -3.59. The lowest BCUT2D eigenvalue weighted by Gasteiger charge is -2.10. The van der Waals surface area contributed by atoms with Crippen LogP contribution in [0.4, 0.5) is 0 Å². The number of hydrogen-bond acceptors (Lipinski definition) is 4. The van der Waals surface area contributed by atoms with E-state index in [4.69, 9.17) is 5.11 Å². The van der Waals surface area contributed by atoms with Crippen molar-refractivity contribution in [3.05, 3.63) is 11.4 Å². The normalized spacial score (nSPS) is 17.2. The van der Waals surface area contributed by atoms with Gasteiger partial charge in [0, 0.05) is 6.54 Å². The van der Waals surface area contributed by atoms with Gasteiger partial charge in [-0.25, -0.2) is 13.1 Å². The molecule has 0 unspecified atom stereocenters. The fourth-order valence-electron chi connectivity index (χ4n) is 2.70. The van der Waals surface area contributed by atoms with Crippen molar-refractivity contribution in [2.24, 2.45) is 5.92 Å². The van der Waals surface area contributed by atoms with Gasteiger partial charge in [-0.05, 0) is 19.3 Å². The monoisotopic (exact) mass is 287 g/mol. The van der Waals surface area contributed by atoms with Crippen molar-refractivity contribution in [2.75, 3.05) is 6.54 Å². The molecule has 1 saturated carbocycles. The van der Waals surface area contributed by atoms with Crippen LogP contribution in [0.1, 0.15) is 43.5 Å². The molecule has 0 atom stereocenters. The second-order valence-corrected chi connectivity index (χ2v) is 6.82. The molecule has 0 saturated heterocycles. The molecule has 1 fully saturated rings. The van der Waals surface area contributed by atoms with Crippen LogP contribution in [0.15, 0.2) is 4.90 Å². The van der Waals surface area contributed by atoms with E-state index in [-0.39, 0.29) is 17.2 Å². The summed E-state index contributed by atoms with van der Waals surface area (Å²) < 4.78 is 27.0. The van der Waals surface area contributed by atoms with Gasteiger partial charge in [-0.3, -0.25) is 5.10 Å². The molecule has 0 amide bonds. The highest BCUT2D eigenvalue weighted by Crippen LogP contribution is 2.27. The first kappa shape index (κ1) is 14.5. The largest absolute Gasteiger partial charge is 0.390 e. The Morgan fingerprint density at radius 2 is 2.11 bits per heavy atom. The Kier molecular flexibility index (Phi) is 4.59. The van der Waals surface area contributed by atoms with Crippen LogP contribution in [0, 0.1) is 12.8 Å². The molecule has 1 heterocycles. The molecular weight excluding hydrogens is 266 g/mol. The lowest BCUT2D eigenvalue weighted by molar-refractivity contribution is 0.273. The topological polar surface area (TPSA) is 95.1 Å². The Hall–Kier alpha value is -0.920. The van der Waals surface area contributed by atoms with Gasteiger partial charge in [-0.15, -0.1) is 0 Å². The molecule has 1 aromatic rings. The highest BCUT2D eigenvalue weighted by Gasteiger charge is 2.24. The number of rotatable bonds is 6. The van der Waals surface area contributed by atoms with Crippen molar-refractivity contribution in [1.29, 1.82) is 0 Å². The quantitative estimate of drug-likeness (QED) is 0.729. The zero-order chi connectivity index (χ0) is 13.9. The summed E-state index contributed by atoms with van der Waals surface area (Å²) in [5.41, 5.74) is 0.628. The summed E-state index contributed by atoms with van der Waals surface area (Å²) in [6.07, 6.45) is 5.80. The Morgan fingerprint density at radius 3 is 2.74 bits per heavy atom. The summed E-state index contributed by atoms with van der Waals surface area (Å²) in [7, 11) is -3.59. The van der Waals surface area contributed by atoms with Crippen molar-refractivity contribution >= 4 is 10.0 Å². The number of aliphatic hydroxyl groups is 1. The van der Waals surface area contributed by atoms with E-state index in [0.717, 1.165) is 6.42 Å². The molecular formula is C12H21N3O3S. The van der Waals surface area contributed by atoms with Crippen LogP contribution in [0.25, 0.3) is 0 Å². The fraction of sp³-hybridized carbons (Fsp3) is 0.750. The van der Waals surface area contributed by atoms with Gasteiger partial charge in [-0.2, -0.15) is 5.10 Å². The zero-order valence-corrected chi connectivity index (χ0v) is 12.0. The number of aromatic nitrogens is 2. The third kappa shape index (κ3) is 3.34. The number of aryl methyl sites for hydroxylation is 1. The standard InChI is InChI=1S/C12H21N3O3S/c1-9-12(11(8-16)15-14-9)19(17,18)13-7-6-10-4-2-3-5-10/h10,13,16H,2-8H2,1H3,(H,14,15). The molecule has 0 spiro atoms. The minimum Gasteiger partial charge on any atom is -0.390 e. The second-order valence-electron chi connectivity index (χ2n) is 5.12. The number of H-pyrrole nitrogens is 1. The predicted octanol–water partition coefficient (Wildman–Crippen LogP) is 1.07. The number of aromatic amines is 1. The maximum Gasteiger partial charge on any atom is 0.244 e. The molecule has 108 valence electrons. The van der Waals surface area contributed by atoms with E-state index in [2.05, 4.69) is 14.9 Å². The molecule has 0 aromatic carbocycles. The van der Waals surface area contributed by atoms with E-state index >= 15 is 0 Å². The van der Waals surface area contributed by atoms with Crippen LogP contribution < -0.4 is 4.72 Å². The van der Waals surface area contributed by atoms with Gasteiger partial charge in [0.1, 0.15) is 10.6 Å². The Balaban J connectivity index is 1.99. The first-order valence-corrected chi connectivity index (χ1v) is 8.17. The summed E-state index contributed by atoms with van der Waals surface area (Å²) in [5, 5.41) is 15.5. The molecule has 1 aliphatic carbocycles. The van der Waals surface area contributed by atoms with Crippen molar-refractivity contribution in [1.82, 2.24) is 14.9 Å². The smallest absolute Gasteiger partial charge is 0.244 e. The first-order valence-electron chi connectivity index (χ1n) is 6.69. The second kappa shape index (κ2) is 6.02. The molecule has 0 radical (unpaired) electrons. The number of nitrogens with zero attached hydrogens (tertiary/aromatic N) is 1. The van der Waals surface area contributed by atoms with E-state index in [1.807, 2.05) is 0 Å². The molecule has 1 aliphatic rings. The third-order valence-electron chi connectivity index (χ3n) is 3.70. The van der Waals surface area contributed by atoms with Gasteiger partial charge >= 0.3 is 0 Å². The molecule has 1 aromatic heterocycles. The average molecular weight is 287 g/mol.